The summed E-state index contributed by atoms with van der Waals surface area (Å²) >= 11 is 6.33. The zero-order chi connectivity index (χ0) is 20.3. The number of rotatable bonds is 9. The van der Waals surface area contributed by atoms with Crippen molar-refractivity contribution in [3.63, 3.8) is 0 Å². The van der Waals surface area contributed by atoms with E-state index in [1.54, 1.807) is 12.1 Å². The third kappa shape index (κ3) is 5.06. The van der Waals surface area contributed by atoms with E-state index in [1.165, 1.54) is 5.56 Å². The Hall–Kier alpha value is -2.04. The first kappa shape index (κ1) is 20.7. The number of phenolic OH excluding ortho intramolecular Hbond substituents is 1. The zero-order valence-electron chi connectivity index (χ0n) is 16.5. The van der Waals surface area contributed by atoms with E-state index in [4.69, 9.17) is 17.3 Å². The molecule has 1 fully saturated rings. The quantitative estimate of drug-likeness (QED) is 0.662. The molecule has 1 amide bonds. The topological polar surface area (TPSA) is 66.6 Å². The number of amides is 1. The van der Waals surface area contributed by atoms with Crippen LogP contribution in [-0.2, 0) is 11.2 Å². The van der Waals surface area contributed by atoms with E-state index in [0.717, 1.165) is 18.4 Å². The normalized spacial score (nSPS) is 17.3. The molecule has 0 spiro atoms. The number of halogens is 1. The van der Waals surface area contributed by atoms with Crippen molar-refractivity contribution < 1.29 is 9.90 Å². The van der Waals surface area contributed by atoms with E-state index in [9.17, 15) is 9.90 Å². The van der Waals surface area contributed by atoms with E-state index in [0.29, 0.717) is 23.8 Å². The lowest BCUT2D eigenvalue weighted by Crippen LogP contribution is -2.39. The maximum Gasteiger partial charge on any atom is 0.221 e. The summed E-state index contributed by atoms with van der Waals surface area (Å²) in [4.78, 5) is 14.6. The molecule has 2 aromatic carbocycles. The lowest BCUT2D eigenvalue weighted by atomic mass is 9.77. The van der Waals surface area contributed by atoms with Crippen LogP contribution in [0.4, 0.5) is 0 Å². The first-order valence-electron chi connectivity index (χ1n) is 9.85. The number of nitrogens with zero attached hydrogens (tertiary/aromatic N) is 1. The van der Waals surface area contributed by atoms with Gasteiger partial charge in [-0.2, -0.15) is 0 Å². The van der Waals surface area contributed by atoms with Crippen LogP contribution >= 0.6 is 11.6 Å². The van der Waals surface area contributed by atoms with E-state index < -0.39 is 0 Å². The van der Waals surface area contributed by atoms with Gasteiger partial charge >= 0.3 is 0 Å². The molecule has 150 valence electrons. The second-order valence-electron chi connectivity index (χ2n) is 8.12. The molecule has 0 bridgehead atoms. The highest BCUT2D eigenvalue weighted by Crippen LogP contribution is 2.48. The molecule has 28 heavy (non-hydrogen) atoms. The fraction of sp³-hybridized carbons (Fsp3) is 0.435. The summed E-state index contributed by atoms with van der Waals surface area (Å²) in [5.41, 5.74) is 8.08. The maximum atomic E-state index is 12.5. The number of primary amides is 1. The number of hydrogen-bond donors (Lipinski definition) is 2. The number of hydrogen-bond acceptors (Lipinski definition) is 3. The van der Waals surface area contributed by atoms with Crippen LogP contribution in [0, 0.1) is 11.8 Å². The largest absolute Gasteiger partial charge is 0.508 e. The lowest BCUT2D eigenvalue weighted by Gasteiger charge is -2.32. The van der Waals surface area contributed by atoms with E-state index in [2.05, 4.69) is 17.0 Å². The minimum Gasteiger partial charge on any atom is -0.508 e. The van der Waals surface area contributed by atoms with Crippen molar-refractivity contribution in [3.05, 3.63) is 64.7 Å². The maximum absolute atomic E-state index is 12.5. The van der Waals surface area contributed by atoms with Gasteiger partial charge in [0, 0.05) is 17.0 Å². The highest BCUT2D eigenvalue weighted by atomic mass is 35.5. The lowest BCUT2D eigenvalue weighted by molar-refractivity contribution is -0.123. The third-order valence-electron chi connectivity index (χ3n) is 5.86. The van der Waals surface area contributed by atoms with Crippen LogP contribution in [0.5, 0.6) is 5.75 Å². The van der Waals surface area contributed by atoms with Gasteiger partial charge in [-0.05, 0) is 74.9 Å². The van der Waals surface area contributed by atoms with Gasteiger partial charge in [-0.15, -0.1) is 0 Å². The van der Waals surface area contributed by atoms with Crippen LogP contribution in [-0.4, -0.2) is 36.1 Å². The smallest absolute Gasteiger partial charge is 0.221 e. The number of carbonyl (C=O) groups is 1. The fourth-order valence-corrected chi connectivity index (χ4v) is 4.38. The summed E-state index contributed by atoms with van der Waals surface area (Å²) in [6.07, 6.45) is 3.68. The van der Waals surface area contributed by atoms with Crippen LogP contribution in [0.15, 0.2) is 48.5 Å². The summed E-state index contributed by atoms with van der Waals surface area (Å²) in [7, 11) is 4.04. The molecule has 0 radical (unpaired) electrons. The second kappa shape index (κ2) is 8.97. The summed E-state index contributed by atoms with van der Waals surface area (Å²) in [6.45, 7) is 0. The molecule has 2 unspecified atom stereocenters. The molecule has 0 saturated heterocycles. The van der Waals surface area contributed by atoms with Crippen molar-refractivity contribution in [2.45, 2.75) is 37.6 Å². The Morgan fingerprint density at radius 1 is 1.21 bits per heavy atom. The number of nitrogens with two attached hydrogens (primary N) is 1. The van der Waals surface area contributed by atoms with Crippen LogP contribution < -0.4 is 5.73 Å². The third-order valence-corrected chi connectivity index (χ3v) is 6.21. The van der Waals surface area contributed by atoms with Crippen molar-refractivity contribution in [3.8, 4) is 5.75 Å². The van der Waals surface area contributed by atoms with Gasteiger partial charge in [-0.1, -0.05) is 48.0 Å². The number of carbonyl (C=O) groups excluding carboxylic acids is 1. The highest BCUT2D eigenvalue weighted by molar-refractivity contribution is 6.31. The molecule has 1 aliphatic carbocycles. The Morgan fingerprint density at radius 3 is 2.43 bits per heavy atom. The summed E-state index contributed by atoms with van der Waals surface area (Å²) in [5, 5.41) is 10.2. The van der Waals surface area contributed by atoms with Gasteiger partial charge in [0.25, 0.3) is 0 Å². The Labute approximate surface area is 172 Å². The molecule has 3 rings (SSSR count). The van der Waals surface area contributed by atoms with Gasteiger partial charge in [0.2, 0.25) is 5.91 Å². The van der Waals surface area contributed by atoms with Crippen LogP contribution in [0.1, 0.15) is 36.3 Å². The Kier molecular flexibility index (Phi) is 6.63. The molecule has 0 aromatic heterocycles. The Balaban J connectivity index is 1.84. The second-order valence-corrected chi connectivity index (χ2v) is 8.52. The zero-order valence-corrected chi connectivity index (χ0v) is 17.3. The van der Waals surface area contributed by atoms with Gasteiger partial charge in [0.15, 0.2) is 0 Å². The number of likely N-dealkylation sites (N-methyl/N-ethyl adjacent to an activating group) is 1. The molecular weight excluding hydrogens is 372 g/mol. The van der Waals surface area contributed by atoms with Gasteiger partial charge in [-0.25, -0.2) is 0 Å². The molecule has 0 heterocycles. The molecule has 0 aliphatic heterocycles. The molecule has 2 aromatic rings. The number of phenols is 1. The highest BCUT2D eigenvalue weighted by Gasteiger charge is 2.41. The van der Waals surface area contributed by atoms with E-state index in [1.807, 2.05) is 38.4 Å². The standard InChI is InChI=1S/C23H29ClN2O2/c1-26(2)18(12-17-10-11-19(27)14-21(17)24)13-20(23(25)28)22(16-8-9-16)15-6-4-3-5-7-15/h3-7,10-11,14,16,18,20,22,27H,8-9,12-13H2,1-2H3,(H2,25,28)/t18-,20?,22?/m1/s1. The predicted molar refractivity (Wildman–Crippen MR) is 114 cm³/mol. The predicted octanol–water partition coefficient (Wildman–Crippen LogP) is 4.20. The first-order valence-corrected chi connectivity index (χ1v) is 10.2. The summed E-state index contributed by atoms with van der Waals surface area (Å²) < 4.78 is 0. The number of aromatic hydroxyl groups is 1. The first-order chi connectivity index (χ1) is 13.4. The molecule has 4 nitrogen and oxygen atoms in total. The van der Waals surface area contributed by atoms with Gasteiger partial charge < -0.3 is 15.7 Å². The molecular formula is C23H29ClN2O2. The molecule has 5 heteroatoms. The summed E-state index contributed by atoms with van der Waals surface area (Å²) in [5.74, 6) is 0.391. The van der Waals surface area contributed by atoms with Crippen LogP contribution in [0.2, 0.25) is 5.02 Å². The molecule has 3 atom stereocenters. The number of benzene rings is 2. The van der Waals surface area contributed by atoms with E-state index in [-0.39, 0.29) is 29.5 Å². The van der Waals surface area contributed by atoms with Crippen molar-refractivity contribution in [2.24, 2.45) is 17.6 Å². The van der Waals surface area contributed by atoms with Crippen molar-refractivity contribution in [2.75, 3.05) is 14.1 Å². The van der Waals surface area contributed by atoms with Gasteiger partial charge in [-0.3, -0.25) is 4.79 Å². The van der Waals surface area contributed by atoms with Crippen molar-refractivity contribution in [1.29, 1.82) is 0 Å². The molecule has 3 N–H and O–H groups in total. The average molecular weight is 401 g/mol. The minimum absolute atomic E-state index is 0.115. The molecule has 1 aliphatic rings. The average Bonchev–Trinajstić information content (AvgIpc) is 3.47. The van der Waals surface area contributed by atoms with Gasteiger partial charge in [0.1, 0.15) is 5.75 Å². The van der Waals surface area contributed by atoms with Crippen molar-refractivity contribution in [1.82, 2.24) is 4.90 Å². The van der Waals surface area contributed by atoms with Crippen LogP contribution in [0.25, 0.3) is 0 Å². The van der Waals surface area contributed by atoms with Crippen molar-refractivity contribution >= 4 is 17.5 Å². The van der Waals surface area contributed by atoms with E-state index >= 15 is 0 Å². The summed E-state index contributed by atoms with van der Waals surface area (Å²) in [6, 6.07) is 15.5. The SMILES string of the molecule is CN(C)[C@H](Cc1ccc(O)cc1Cl)CC(C(N)=O)C(c1ccccc1)C1CC1. The Bertz CT molecular complexity index is 806. The monoisotopic (exact) mass is 400 g/mol. The minimum atomic E-state index is -0.232. The molecule has 1 saturated carbocycles. The van der Waals surface area contributed by atoms with Crippen LogP contribution in [0.3, 0.4) is 0 Å². The van der Waals surface area contributed by atoms with Gasteiger partial charge in [0.05, 0.1) is 0 Å². The fourth-order valence-electron chi connectivity index (χ4n) is 4.13. The Morgan fingerprint density at radius 2 is 1.89 bits per heavy atom.